The number of nitrogens with zero attached hydrogens (tertiary/aromatic N) is 2. The molecular formula is C7H4Br2N2. The number of aromatic nitrogens is 1. The minimum atomic E-state index is 0.390. The first kappa shape index (κ1) is 8.69. The molecule has 1 aromatic rings. The predicted octanol–water partition coefficient (Wildman–Crippen LogP) is 2.67. The summed E-state index contributed by atoms with van der Waals surface area (Å²) >= 11 is 6.55. The molecule has 0 aromatic carbocycles. The van der Waals surface area contributed by atoms with Crippen LogP contribution in [0, 0.1) is 11.3 Å². The van der Waals surface area contributed by atoms with Crippen LogP contribution in [0.5, 0.6) is 0 Å². The third-order valence-electron chi connectivity index (χ3n) is 1.17. The van der Waals surface area contributed by atoms with Crippen LogP contribution >= 0.6 is 31.9 Å². The minimum absolute atomic E-state index is 0.390. The van der Waals surface area contributed by atoms with Crippen molar-refractivity contribution in [1.29, 1.82) is 5.26 Å². The van der Waals surface area contributed by atoms with Crippen molar-refractivity contribution < 1.29 is 0 Å². The summed E-state index contributed by atoms with van der Waals surface area (Å²) in [7, 11) is 0. The largest absolute Gasteiger partial charge is 0.249 e. The molecule has 0 amide bonds. The third-order valence-corrected chi connectivity index (χ3v) is 2.34. The van der Waals surface area contributed by atoms with Crippen molar-refractivity contribution in [1.82, 2.24) is 4.98 Å². The number of hydrogen-bond donors (Lipinski definition) is 0. The summed E-state index contributed by atoms with van der Waals surface area (Å²) in [6.45, 7) is 0. The lowest BCUT2D eigenvalue weighted by Gasteiger charge is -1.97. The van der Waals surface area contributed by atoms with E-state index in [0.29, 0.717) is 6.42 Å². The Hall–Kier alpha value is -0.400. The highest BCUT2D eigenvalue weighted by Crippen LogP contribution is 2.19. The second-order valence-corrected chi connectivity index (χ2v) is 3.60. The van der Waals surface area contributed by atoms with Crippen LogP contribution in [0.2, 0.25) is 0 Å². The molecule has 0 spiro atoms. The van der Waals surface area contributed by atoms with Gasteiger partial charge in [-0.05, 0) is 27.6 Å². The molecule has 1 heterocycles. The Morgan fingerprint density at radius 2 is 2.27 bits per heavy atom. The van der Waals surface area contributed by atoms with Gasteiger partial charge in [-0.1, -0.05) is 15.9 Å². The van der Waals surface area contributed by atoms with Crippen LogP contribution in [0.15, 0.2) is 21.3 Å². The SMILES string of the molecule is N#CCc1cnc(Br)cc1Br. The quantitative estimate of drug-likeness (QED) is 0.739. The molecular weight excluding hydrogens is 272 g/mol. The molecule has 0 unspecified atom stereocenters. The van der Waals surface area contributed by atoms with Crippen molar-refractivity contribution in [3.05, 3.63) is 26.9 Å². The van der Waals surface area contributed by atoms with E-state index >= 15 is 0 Å². The van der Waals surface area contributed by atoms with Crippen LogP contribution in [0.1, 0.15) is 5.56 Å². The van der Waals surface area contributed by atoms with Gasteiger partial charge in [0.15, 0.2) is 0 Å². The Morgan fingerprint density at radius 3 is 2.82 bits per heavy atom. The Morgan fingerprint density at radius 1 is 1.55 bits per heavy atom. The fourth-order valence-electron chi connectivity index (χ4n) is 0.651. The normalized spacial score (nSPS) is 9.18. The Kier molecular flexibility index (Phi) is 3.03. The summed E-state index contributed by atoms with van der Waals surface area (Å²) in [4.78, 5) is 3.99. The van der Waals surface area contributed by atoms with E-state index in [9.17, 15) is 0 Å². The first-order valence-electron chi connectivity index (χ1n) is 2.91. The molecule has 1 aromatic heterocycles. The standard InChI is InChI=1S/C7H4Br2N2/c8-6-3-7(9)11-4-5(6)1-2-10/h3-4H,1H2. The van der Waals surface area contributed by atoms with Gasteiger partial charge in [0.1, 0.15) is 4.60 Å². The maximum atomic E-state index is 8.40. The lowest BCUT2D eigenvalue weighted by Crippen LogP contribution is -1.86. The van der Waals surface area contributed by atoms with Gasteiger partial charge in [-0.3, -0.25) is 0 Å². The van der Waals surface area contributed by atoms with Crippen LogP contribution in [-0.4, -0.2) is 4.98 Å². The van der Waals surface area contributed by atoms with E-state index in [0.717, 1.165) is 14.6 Å². The summed E-state index contributed by atoms with van der Waals surface area (Å²) in [5.74, 6) is 0. The maximum Gasteiger partial charge on any atom is 0.107 e. The lowest BCUT2D eigenvalue weighted by molar-refractivity contribution is 1.15. The molecule has 0 aliphatic heterocycles. The summed E-state index contributed by atoms with van der Waals surface area (Å²) in [5.41, 5.74) is 0.913. The summed E-state index contributed by atoms with van der Waals surface area (Å²) in [6.07, 6.45) is 2.07. The van der Waals surface area contributed by atoms with Gasteiger partial charge in [0.25, 0.3) is 0 Å². The number of halogens is 2. The third kappa shape index (κ3) is 2.28. The van der Waals surface area contributed by atoms with E-state index in [4.69, 9.17) is 5.26 Å². The van der Waals surface area contributed by atoms with E-state index in [1.807, 2.05) is 6.07 Å². The Bertz CT molecular complexity index is 304. The average molecular weight is 276 g/mol. The van der Waals surface area contributed by atoms with Gasteiger partial charge in [0, 0.05) is 10.7 Å². The fourth-order valence-corrected chi connectivity index (χ4v) is 1.75. The van der Waals surface area contributed by atoms with E-state index in [2.05, 4.69) is 42.9 Å². The molecule has 0 aliphatic carbocycles. The molecule has 0 saturated heterocycles. The predicted molar refractivity (Wildman–Crippen MR) is 49.0 cm³/mol. The van der Waals surface area contributed by atoms with Gasteiger partial charge in [-0.2, -0.15) is 5.26 Å². The molecule has 0 fully saturated rings. The van der Waals surface area contributed by atoms with Gasteiger partial charge >= 0.3 is 0 Å². The summed E-state index contributed by atoms with van der Waals surface area (Å²) < 4.78 is 1.69. The highest BCUT2D eigenvalue weighted by molar-refractivity contribution is 9.11. The van der Waals surface area contributed by atoms with Gasteiger partial charge in [0.2, 0.25) is 0 Å². The molecule has 56 valence electrons. The molecule has 0 N–H and O–H groups in total. The average Bonchev–Trinajstić information content (AvgIpc) is 1.95. The molecule has 0 aliphatic rings. The van der Waals surface area contributed by atoms with Gasteiger partial charge in [0.05, 0.1) is 12.5 Å². The number of pyridine rings is 1. The number of hydrogen-bond acceptors (Lipinski definition) is 2. The first-order valence-corrected chi connectivity index (χ1v) is 4.49. The number of nitriles is 1. The van der Waals surface area contributed by atoms with Crippen LogP contribution < -0.4 is 0 Å². The molecule has 0 radical (unpaired) electrons. The van der Waals surface area contributed by atoms with E-state index < -0.39 is 0 Å². The van der Waals surface area contributed by atoms with Gasteiger partial charge < -0.3 is 0 Å². The second kappa shape index (κ2) is 3.84. The zero-order chi connectivity index (χ0) is 8.27. The van der Waals surface area contributed by atoms with E-state index in [-0.39, 0.29) is 0 Å². The molecule has 11 heavy (non-hydrogen) atoms. The van der Waals surface area contributed by atoms with Crippen molar-refractivity contribution in [3.63, 3.8) is 0 Å². The van der Waals surface area contributed by atoms with Crippen molar-refractivity contribution in [2.45, 2.75) is 6.42 Å². The van der Waals surface area contributed by atoms with Gasteiger partial charge in [-0.15, -0.1) is 0 Å². The zero-order valence-electron chi connectivity index (χ0n) is 5.51. The van der Waals surface area contributed by atoms with Crippen LogP contribution in [0.4, 0.5) is 0 Å². The molecule has 0 atom stereocenters. The second-order valence-electron chi connectivity index (χ2n) is 1.93. The van der Waals surface area contributed by atoms with Crippen LogP contribution in [0.3, 0.4) is 0 Å². The Labute approximate surface area is 81.5 Å². The summed E-state index contributed by atoms with van der Waals surface area (Å²) in [5, 5.41) is 8.40. The lowest BCUT2D eigenvalue weighted by atomic mass is 10.2. The van der Waals surface area contributed by atoms with Crippen molar-refractivity contribution >= 4 is 31.9 Å². The minimum Gasteiger partial charge on any atom is -0.249 e. The highest BCUT2D eigenvalue weighted by atomic mass is 79.9. The monoisotopic (exact) mass is 274 g/mol. The zero-order valence-corrected chi connectivity index (χ0v) is 8.68. The molecule has 0 saturated carbocycles. The first-order chi connectivity index (χ1) is 5.24. The van der Waals surface area contributed by atoms with E-state index in [1.54, 1.807) is 6.20 Å². The van der Waals surface area contributed by atoms with Crippen molar-refractivity contribution in [3.8, 4) is 6.07 Å². The van der Waals surface area contributed by atoms with E-state index in [1.165, 1.54) is 0 Å². The maximum absolute atomic E-state index is 8.40. The fraction of sp³-hybridized carbons (Fsp3) is 0.143. The van der Waals surface area contributed by atoms with Crippen LogP contribution in [0.25, 0.3) is 0 Å². The highest BCUT2D eigenvalue weighted by Gasteiger charge is 1.99. The molecule has 4 heteroatoms. The molecule has 1 rings (SSSR count). The molecule has 0 bridgehead atoms. The van der Waals surface area contributed by atoms with Crippen molar-refractivity contribution in [2.75, 3.05) is 0 Å². The number of rotatable bonds is 1. The smallest absolute Gasteiger partial charge is 0.107 e. The van der Waals surface area contributed by atoms with Crippen molar-refractivity contribution in [2.24, 2.45) is 0 Å². The Balaban J connectivity index is 3.01. The van der Waals surface area contributed by atoms with Crippen LogP contribution in [-0.2, 0) is 6.42 Å². The summed E-state index contributed by atoms with van der Waals surface area (Å²) in [6, 6.07) is 3.89. The topological polar surface area (TPSA) is 36.7 Å². The molecule has 2 nitrogen and oxygen atoms in total. The van der Waals surface area contributed by atoms with Gasteiger partial charge in [-0.25, -0.2) is 4.98 Å².